The van der Waals surface area contributed by atoms with E-state index in [0.29, 0.717) is 0 Å². The van der Waals surface area contributed by atoms with Crippen molar-refractivity contribution in [1.29, 1.82) is 0 Å². The maximum atomic E-state index is 12.9. The highest BCUT2D eigenvalue weighted by Gasteiger charge is 2.23. The molecule has 3 rings (SSSR count). The number of ether oxygens (including phenoxy) is 2. The van der Waals surface area contributed by atoms with Crippen molar-refractivity contribution in [2.45, 2.75) is 38.7 Å². The summed E-state index contributed by atoms with van der Waals surface area (Å²) >= 11 is 0. The van der Waals surface area contributed by atoms with Crippen LogP contribution in [-0.2, 0) is 4.74 Å². The molecular weight excluding hydrogens is 304 g/mol. The lowest BCUT2D eigenvalue weighted by atomic mass is 9.95. The summed E-state index contributed by atoms with van der Waals surface area (Å²) in [6.07, 6.45) is 2.07. The van der Waals surface area contributed by atoms with Gasteiger partial charge in [-0.3, -0.25) is 4.79 Å². The van der Waals surface area contributed by atoms with Crippen molar-refractivity contribution in [3.8, 4) is 5.75 Å². The zero-order chi connectivity index (χ0) is 16.9. The first-order valence-corrected chi connectivity index (χ1v) is 9.03. The largest absolute Gasteiger partial charge is 0.490 e. The summed E-state index contributed by atoms with van der Waals surface area (Å²) in [7, 11) is 0. The van der Waals surface area contributed by atoms with E-state index >= 15 is 0 Å². The van der Waals surface area contributed by atoms with E-state index in [1.165, 1.54) is 0 Å². The van der Waals surface area contributed by atoms with Crippen LogP contribution in [0.5, 0.6) is 5.75 Å². The quantitative estimate of drug-likeness (QED) is 0.920. The molecule has 132 valence electrons. The van der Waals surface area contributed by atoms with Gasteiger partial charge in [0.05, 0.1) is 13.2 Å². The monoisotopic (exact) mass is 332 g/mol. The second-order valence-electron chi connectivity index (χ2n) is 6.88. The molecule has 0 atom stereocenters. The van der Waals surface area contributed by atoms with Crippen molar-refractivity contribution in [2.24, 2.45) is 0 Å². The van der Waals surface area contributed by atoms with Crippen LogP contribution in [0.3, 0.4) is 0 Å². The molecule has 0 aliphatic carbocycles. The van der Waals surface area contributed by atoms with Gasteiger partial charge in [0.15, 0.2) is 0 Å². The van der Waals surface area contributed by atoms with E-state index in [1.807, 2.05) is 17.0 Å². The molecule has 1 N–H and O–H groups in total. The Bertz CT molecular complexity index is 562. The number of amides is 1. The van der Waals surface area contributed by atoms with Crippen LogP contribution in [-0.4, -0.2) is 56.3 Å². The average Bonchev–Trinajstić information content (AvgIpc) is 2.62. The van der Waals surface area contributed by atoms with Crippen molar-refractivity contribution >= 4 is 5.91 Å². The normalized spacial score (nSPS) is 19.5. The van der Waals surface area contributed by atoms with Gasteiger partial charge in [0.25, 0.3) is 5.91 Å². The fraction of sp³-hybridized carbons (Fsp3) is 0.632. The zero-order valence-electron chi connectivity index (χ0n) is 14.7. The summed E-state index contributed by atoms with van der Waals surface area (Å²) in [5.74, 6) is 1.28. The van der Waals surface area contributed by atoms with Crippen LogP contribution in [0.4, 0.5) is 0 Å². The molecule has 2 aliphatic heterocycles. The standard InChI is InChI=1S/C19H28N2O3/c1-14(2)18-13-16(24-15-5-11-23-12-6-15)3-4-17(18)19(22)21-9-7-20-8-10-21/h3-4,13-15,20H,5-12H2,1-2H3. The van der Waals surface area contributed by atoms with Gasteiger partial charge in [0.2, 0.25) is 0 Å². The molecule has 0 spiro atoms. The van der Waals surface area contributed by atoms with Crippen molar-refractivity contribution < 1.29 is 14.3 Å². The van der Waals surface area contributed by atoms with Gasteiger partial charge in [-0.05, 0) is 29.7 Å². The third kappa shape index (κ3) is 4.08. The highest BCUT2D eigenvalue weighted by molar-refractivity contribution is 5.96. The molecule has 0 saturated carbocycles. The Kier molecular flexibility index (Phi) is 5.74. The average molecular weight is 332 g/mol. The molecule has 1 aromatic carbocycles. The van der Waals surface area contributed by atoms with E-state index in [9.17, 15) is 4.79 Å². The Morgan fingerprint density at radius 2 is 1.96 bits per heavy atom. The number of benzene rings is 1. The van der Waals surface area contributed by atoms with Gasteiger partial charge in [-0.1, -0.05) is 13.8 Å². The van der Waals surface area contributed by atoms with E-state index in [0.717, 1.165) is 69.1 Å². The first-order valence-electron chi connectivity index (χ1n) is 9.03. The molecule has 1 amide bonds. The minimum Gasteiger partial charge on any atom is -0.490 e. The van der Waals surface area contributed by atoms with Crippen molar-refractivity contribution in [1.82, 2.24) is 10.2 Å². The van der Waals surface area contributed by atoms with Crippen LogP contribution in [0.15, 0.2) is 18.2 Å². The maximum Gasteiger partial charge on any atom is 0.254 e. The Morgan fingerprint density at radius 3 is 2.62 bits per heavy atom. The predicted octanol–water partition coefficient (Wildman–Crippen LogP) is 2.41. The van der Waals surface area contributed by atoms with E-state index < -0.39 is 0 Å². The second kappa shape index (κ2) is 7.99. The fourth-order valence-corrected chi connectivity index (χ4v) is 3.31. The number of hydrogen-bond donors (Lipinski definition) is 1. The minimum absolute atomic E-state index is 0.137. The minimum atomic E-state index is 0.137. The number of carbonyl (C=O) groups excluding carboxylic acids is 1. The van der Waals surface area contributed by atoms with E-state index in [4.69, 9.17) is 9.47 Å². The SMILES string of the molecule is CC(C)c1cc(OC2CCOCC2)ccc1C(=O)N1CCNCC1. The Morgan fingerprint density at radius 1 is 1.25 bits per heavy atom. The highest BCUT2D eigenvalue weighted by Crippen LogP contribution is 2.27. The van der Waals surface area contributed by atoms with Gasteiger partial charge in [0, 0.05) is 44.6 Å². The molecular formula is C19H28N2O3. The van der Waals surface area contributed by atoms with Crippen molar-refractivity contribution in [3.63, 3.8) is 0 Å². The van der Waals surface area contributed by atoms with Gasteiger partial charge < -0.3 is 19.7 Å². The van der Waals surface area contributed by atoms with Gasteiger partial charge in [-0.2, -0.15) is 0 Å². The number of piperazine rings is 1. The first-order chi connectivity index (χ1) is 11.6. The summed E-state index contributed by atoms with van der Waals surface area (Å²) in [4.78, 5) is 14.8. The van der Waals surface area contributed by atoms with E-state index in [2.05, 4.69) is 25.2 Å². The molecule has 2 aliphatic rings. The number of nitrogens with zero attached hydrogens (tertiary/aromatic N) is 1. The number of rotatable bonds is 4. The molecule has 5 heteroatoms. The molecule has 1 aromatic rings. The van der Waals surface area contributed by atoms with Crippen LogP contribution in [0.2, 0.25) is 0 Å². The summed E-state index contributed by atoms with van der Waals surface area (Å²) in [5.41, 5.74) is 1.88. The summed E-state index contributed by atoms with van der Waals surface area (Å²) in [6, 6.07) is 5.93. The molecule has 24 heavy (non-hydrogen) atoms. The van der Waals surface area contributed by atoms with Crippen molar-refractivity contribution in [3.05, 3.63) is 29.3 Å². The van der Waals surface area contributed by atoms with Crippen LogP contribution in [0, 0.1) is 0 Å². The lowest BCUT2D eigenvalue weighted by Gasteiger charge is -2.29. The number of hydrogen-bond acceptors (Lipinski definition) is 4. The molecule has 0 bridgehead atoms. The first kappa shape index (κ1) is 17.2. The smallest absolute Gasteiger partial charge is 0.254 e. The number of nitrogens with one attached hydrogen (secondary N) is 1. The number of carbonyl (C=O) groups is 1. The molecule has 0 aromatic heterocycles. The van der Waals surface area contributed by atoms with Crippen LogP contribution >= 0.6 is 0 Å². The molecule has 2 fully saturated rings. The Labute approximate surface area is 144 Å². The molecule has 2 saturated heterocycles. The zero-order valence-corrected chi connectivity index (χ0v) is 14.7. The van der Waals surface area contributed by atoms with E-state index in [1.54, 1.807) is 0 Å². The third-order valence-corrected chi connectivity index (χ3v) is 4.75. The topological polar surface area (TPSA) is 50.8 Å². The molecule has 2 heterocycles. The lowest BCUT2D eigenvalue weighted by Crippen LogP contribution is -2.46. The summed E-state index contributed by atoms with van der Waals surface area (Å²) in [5, 5.41) is 3.29. The molecule has 0 radical (unpaired) electrons. The van der Waals surface area contributed by atoms with Crippen LogP contribution in [0.1, 0.15) is 48.5 Å². The summed E-state index contributed by atoms with van der Waals surface area (Å²) in [6.45, 7) is 9.07. The van der Waals surface area contributed by atoms with Crippen molar-refractivity contribution in [2.75, 3.05) is 39.4 Å². The van der Waals surface area contributed by atoms with Gasteiger partial charge in [-0.25, -0.2) is 0 Å². The lowest BCUT2D eigenvalue weighted by molar-refractivity contribution is 0.0255. The maximum absolute atomic E-state index is 12.9. The van der Waals surface area contributed by atoms with E-state index in [-0.39, 0.29) is 17.9 Å². The molecule has 5 nitrogen and oxygen atoms in total. The van der Waals surface area contributed by atoms with Crippen LogP contribution < -0.4 is 10.1 Å². The van der Waals surface area contributed by atoms with Gasteiger partial charge in [0.1, 0.15) is 11.9 Å². The predicted molar refractivity (Wildman–Crippen MR) is 93.8 cm³/mol. The van der Waals surface area contributed by atoms with Gasteiger partial charge in [-0.15, -0.1) is 0 Å². The Hall–Kier alpha value is -1.59. The Balaban J connectivity index is 1.77. The van der Waals surface area contributed by atoms with Crippen LogP contribution in [0.25, 0.3) is 0 Å². The third-order valence-electron chi connectivity index (χ3n) is 4.75. The fourth-order valence-electron chi connectivity index (χ4n) is 3.31. The highest BCUT2D eigenvalue weighted by atomic mass is 16.5. The van der Waals surface area contributed by atoms with Gasteiger partial charge >= 0.3 is 0 Å². The second-order valence-corrected chi connectivity index (χ2v) is 6.88. The molecule has 0 unspecified atom stereocenters. The summed E-state index contributed by atoms with van der Waals surface area (Å²) < 4.78 is 11.5.